The molecule has 0 aliphatic rings. The first-order valence-electron chi connectivity index (χ1n) is 3.63. The van der Waals surface area contributed by atoms with Gasteiger partial charge in [-0.25, -0.2) is 5.14 Å². The van der Waals surface area contributed by atoms with Crippen LogP contribution in [0, 0.1) is 0 Å². The Balaban J connectivity index is 0.000000385. The first kappa shape index (κ1) is 14.8. The zero-order valence-electron chi connectivity index (χ0n) is 7.81. The molecule has 0 saturated carbocycles. The van der Waals surface area contributed by atoms with Gasteiger partial charge in [-0.05, 0) is 12.1 Å². The van der Waals surface area contributed by atoms with Crippen molar-refractivity contribution >= 4 is 26.3 Å². The van der Waals surface area contributed by atoms with E-state index in [0.29, 0.717) is 5.69 Å². The molecular formula is C6H10N2O6S2. The summed E-state index contributed by atoms with van der Waals surface area (Å²) >= 11 is 0. The number of para-hydroxylation sites is 1. The minimum absolute atomic E-state index is 0.343. The van der Waals surface area contributed by atoms with Gasteiger partial charge in [0.05, 0.1) is 5.69 Å². The lowest BCUT2D eigenvalue weighted by molar-refractivity contribution is 0.484. The van der Waals surface area contributed by atoms with Crippen LogP contribution in [0.15, 0.2) is 30.3 Å². The van der Waals surface area contributed by atoms with Gasteiger partial charge < -0.3 is 0 Å². The number of benzene rings is 1. The molecule has 0 amide bonds. The fourth-order valence-corrected chi connectivity index (χ4v) is 1.09. The normalized spacial score (nSPS) is 11.2. The molecule has 1 aromatic rings. The van der Waals surface area contributed by atoms with Crippen LogP contribution < -0.4 is 9.86 Å². The summed E-state index contributed by atoms with van der Waals surface area (Å²) < 4.78 is 55.9. The van der Waals surface area contributed by atoms with Gasteiger partial charge in [0.2, 0.25) is 0 Å². The van der Waals surface area contributed by atoms with Gasteiger partial charge in [0.1, 0.15) is 0 Å². The summed E-state index contributed by atoms with van der Waals surface area (Å²) in [6.07, 6.45) is 0. The Morgan fingerprint density at radius 1 is 1.00 bits per heavy atom. The topological polar surface area (TPSA) is 147 Å². The first-order valence-corrected chi connectivity index (χ1v) is 6.58. The summed E-state index contributed by atoms with van der Waals surface area (Å²) in [7, 11) is -8.29. The molecule has 0 unspecified atom stereocenters. The van der Waals surface area contributed by atoms with E-state index in [1.807, 2.05) is 4.72 Å². The summed E-state index contributed by atoms with van der Waals surface area (Å²) in [5.41, 5.74) is 0.343. The molecule has 10 heteroatoms. The molecule has 1 rings (SSSR count). The highest BCUT2D eigenvalue weighted by molar-refractivity contribution is 7.87. The number of hydrogen-bond donors (Lipinski definition) is 4. The highest BCUT2D eigenvalue weighted by atomic mass is 32.2. The predicted octanol–water partition coefficient (Wildman–Crippen LogP) is -0.351. The van der Waals surface area contributed by atoms with Gasteiger partial charge in [0.25, 0.3) is 0 Å². The standard InChI is InChI=1S/C6H7NO3S.H3NO3S/c8-11(9,10)7-6-4-2-1-3-5-6;1-5(2,3)4/h1-5,7H,(H,8,9,10);(H3,1,2,3,4). The molecule has 8 nitrogen and oxygen atoms in total. The van der Waals surface area contributed by atoms with Crippen molar-refractivity contribution in [1.82, 2.24) is 0 Å². The van der Waals surface area contributed by atoms with E-state index in [2.05, 4.69) is 5.14 Å². The van der Waals surface area contributed by atoms with Gasteiger partial charge in [0.15, 0.2) is 0 Å². The van der Waals surface area contributed by atoms with Crippen molar-refractivity contribution in [2.45, 2.75) is 0 Å². The second kappa shape index (κ2) is 5.77. The number of rotatable bonds is 2. The maximum atomic E-state index is 10.2. The van der Waals surface area contributed by atoms with E-state index in [1.165, 1.54) is 12.1 Å². The molecule has 16 heavy (non-hydrogen) atoms. The fourth-order valence-electron chi connectivity index (χ4n) is 0.655. The minimum atomic E-state index is -4.17. The van der Waals surface area contributed by atoms with Crippen LogP contribution in [0.4, 0.5) is 5.69 Å². The molecule has 0 atom stereocenters. The summed E-state index contributed by atoms with van der Waals surface area (Å²) in [6, 6.07) is 8.14. The van der Waals surface area contributed by atoms with Gasteiger partial charge in [0, 0.05) is 0 Å². The Morgan fingerprint density at radius 3 is 1.69 bits per heavy atom. The van der Waals surface area contributed by atoms with Gasteiger partial charge in [-0.2, -0.15) is 16.8 Å². The Labute approximate surface area is 92.9 Å². The van der Waals surface area contributed by atoms with Crippen molar-refractivity contribution in [2.24, 2.45) is 5.14 Å². The summed E-state index contributed by atoms with van der Waals surface area (Å²) in [5, 5.41) is 3.88. The smallest absolute Gasteiger partial charge is 0.274 e. The van der Waals surface area contributed by atoms with Crippen LogP contribution in [0.2, 0.25) is 0 Å². The SMILES string of the molecule is NS(=O)(=O)O.O=S(=O)(O)Nc1ccccc1. The van der Waals surface area contributed by atoms with Crippen LogP contribution in [0.25, 0.3) is 0 Å². The highest BCUT2D eigenvalue weighted by Gasteiger charge is 2.00. The molecule has 0 saturated heterocycles. The van der Waals surface area contributed by atoms with Gasteiger partial charge >= 0.3 is 20.6 Å². The summed E-state index contributed by atoms with van der Waals surface area (Å²) in [4.78, 5) is 0. The minimum Gasteiger partial charge on any atom is -0.274 e. The van der Waals surface area contributed by atoms with Gasteiger partial charge in [-0.1, -0.05) is 18.2 Å². The van der Waals surface area contributed by atoms with Crippen molar-refractivity contribution in [3.63, 3.8) is 0 Å². The predicted molar refractivity (Wildman–Crippen MR) is 57.3 cm³/mol. The Bertz CT molecular complexity index is 501. The summed E-state index contributed by atoms with van der Waals surface area (Å²) in [6.45, 7) is 0. The highest BCUT2D eigenvalue weighted by Crippen LogP contribution is 2.05. The average Bonchev–Trinajstić information content (AvgIpc) is 1.99. The number of nitrogens with one attached hydrogen (secondary N) is 1. The fraction of sp³-hybridized carbons (Fsp3) is 0. The second-order valence-corrected chi connectivity index (χ2v) is 4.64. The third kappa shape index (κ3) is 12.8. The first-order chi connectivity index (χ1) is 7.08. The molecule has 0 aliphatic carbocycles. The van der Waals surface area contributed by atoms with Crippen LogP contribution in [-0.4, -0.2) is 25.9 Å². The molecule has 0 aliphatic heterocycles. The lowest BCUT2D eigenvalue weighted by Gasteiger charge is -1.99. The van der Waals surface area contributed by atoms with Crippen LogP contribution >= 0.6 is 0 Å². The van der Waals surface area contributed by atoms with E-state index >= 15 is 0 Å². The maximum absolute atomic E-state index is 10.2. The zero-order chi connectivity index (χ0) is 12.8. The third-order valence-corrected chi connectivity index (χ3v) is 1.51. The monoisotopic (exact) mass is 270 g/mol. The van der Waals surface area contributed by atoms with Crippen molar-refractivity contribution < 1.29 is 25.9 Å². The molecule has 0 spiro atoms. The van der Waals surface area contributed by atoms with Crippen molar-refractivity contribution in [1.29, 1.82) is 0 Å². The van der Waals surface area contributed by atoms with Crippen LogP contribution in [0.1, 0.15) is 0 Å². The molecular weight excluding hydrogens is 260 g/mol. The molecule has 0 heterocycles. The average molecular weight is 270 g/mol. The van der Waals surface area contributed by atoms with E-state index in [1.54, 1.807) is 18.2 Å². The number of nitrogens with two attached hydrogens (primary N) is 1. The molecule has 0 radical (unpaired) electrons. The third-order valence-electron chi connectivity index (χ3n) is 1.02. The van der Waals surface area contributed by atoms with E-state index in [4.69, 9.17) is 17.5 Å². The van der Waals surface area contributed by atoms with E-state index in [0.717, 1.165) is 0 Å². The lowest BCUT2D eigenvalue weighted by atomic mass is 10.3. The largest absolute Gasteiger partial charge is 0.357 e. The second-order valence-electron chi connectivity index (χ2n) is 2.46. The lowest BCUT2D eigenvalue weighted by Crippen LogP contribution is -2.09. The van der Waals surface area contributed by atoms with Crippen LogP contribution in [-0.2, 0) is 20.6 Å². The molecule has 0 aromatic heterocycles. The molecule has 1 aromatic carbocycles. The Kier molecular flexibility index (Phi) is 5.33. The van der Waals surface area contributed by atoms with E-state index in [9.17, 15) is 8.42 Å². The zero-order valence-corrected chi connectivity index (χ0v) is 9.44. The summed E-state index contributed by atoms with van der Waals surface area (Å²) in [5.74, 6) is 0. The molecule has 0 bridgehead atoms. The van der Waals surface area contributed by atoms with Gasteiger partial charge in [-0.15, -0.1) is 0 Å². The number of anilines is 1. The Morgan fingerprint density at radius 2 is 1.38 bits per heavy atom. The van der Waals surface area contributed by atoms with E-state index < -0.39 is 20.6 Å². The molecule has 0 fully saturated rings. The van der Waals surface area contributed by atoms with Gasteiger partial charge in [-0.3, -0.25) is 13.8 Å². The van der Waals surface area contributed by atoms with E-state index in [-0.39, 0.29) is 0 Å². The quantitative estimate of drug-likeness (QED) is 0.540. The molecule has 92 valence electrons. The van der Waals surface area contributed by atoms with Crippen molar-refractivity contribution in [3.8, 4) is 0 Å². The van der Waals surface area contributed by atoms with Crippen molar-refractivity contribution in [3.05, 3.63) is 30.3 Å². The Hall–Kier alpha value is -1.20. The van der Waals surface area contributed by atoms with Crippen molar-refractivity contribution in [2.75, 3.05) is 4.72 Å². The maximum Gasteiger partial charge on any atom is 0.357 e. The van der Waals surface area contributed by atoms with Crippen LogP contribution in [0.3, 0.4) is 0 Å². The van der Waals surface area contributed by atoms with Crippen LogP contribution in [0.5, 0.6) is 0 Å². The molecule has 5 N–H and O–H groups in total. The number of hydrogen-bond acceptors (Lipinski definition) is 4.